The van der Waals surface area contributed by atoms with Gasteiger partial charge in [0.15, 0.2) is 0 Å². The van der Waals surface area contributed by atoms with Gasteiger partial charge >= 0.3 is 29.6 Å². The summed E-state index contributed by atoms with van der Waals surface area (Å²) in [5.74, 6) is 0.396. The smallest absolute Gasteiger partial charge is 1.00 e. The molecule has 0 amide bonds. The van der Waals surface area contributed by atoms with Gasteiger partial charge in [-0.1, -0.05) is 38.5 Å². The average Bonchev–Trinajstić information content (AvgIpc) is 1.92. The van der Waals surface area contributed by atoms with E-state index < -0.39 is 0 Å². The molecule has 1 aromatic rings. The minimum Gasteiger partial charge on any atom is -1.00 e. The molecule has 0 unspecified atom stereocenters. The molecule has 0 saturated heterocycles. The van der Waals surface area contributed by atoms with Gasteiger partial charge in [0.25, 0.3) is 0 Å². The number of aryl methyl sites for hydroxylation is 1. The number of phenols is 1. The van der Waals surface area contributed by atoms with E-state index in [1.165, 1.54) is 5.56 Å². The van der Waals surface area contributed by atoms with Crippen LogP contribution in [0.15, 0.2) is 18.2 Å². The van der Waals surface area contributed by atoms with E-state index in [-0.39, 0.29) is 36.4 Å². The van der Waals surface area contributed by atoms with Crippen LogP contribution in [0.5, 0.6) is 5.75 Å². The third-order valence-corrected chi connectivity index (χ3v) is 1.96. The van der Waals surface area contributed by atoms with Crippen molar-refractivity contribution in [3.05, 3.63) is 29.3 Å². The Morgan fingerprint density at radius 2 is 1.77 bits per heavy atom. The van der Waals surface area contributed by atoms with Gasteiger partial charge in [0.1, 0.15) is 5.75 Å². The van der Waals surface area contributed by atoms with Crippen molar-refractivity contribution in [1.29, 1.82) is 0 Å². The van der Waals surface area contributed by atoms with Crippen molar-refractivity contribution < 1.29 is 36.1 Å². The minimum absolute atomic E-state index is 0. The molecule has 0 spiro atoms. The first-order valence-corrected chi connectivity index (χ1v) is 4.21. The van der Waals surface area contributed by atoms with Gasteiger partial charge < -0.3 is 6.53 Å². The average molecular weight is 188 g/mol. The third kappa shape index (κ3) is 3.34. The van der Waals surface area contributed by atoms with Gasteiger partial charge in [-0.15, -0.1) is 0 Å². The van der Waals surface area contributed by atoms with Crippen molar-refractivity contribution in [2.75, 3.05) is 0 Å². The molecule has 0 bridgehead atoms. The quantitative estimate of drug-likeness (QED) is 0.573. The Morgan fingerprint density at radius 3 is 2.15 bits per heavy atom. The van der Waals surface area contributed by atoms with E-state index in [4.69, 9.17) is 0 Å². The molecule has 0 atom stereocenters. The Bertz CT molecular complexity index is 292. The Morgan fingerprint density at radius 1 is 1.23 bits per heavy atom. The Kier molecular flexibility index (Phi) is 4.50. The summed E-state index contributed by atoms with van der Waals surface area (Å²) in [6, 6.07) is 5.72. The Hall–Kier alpha value is 0.0200. The molecule has 13 heavy (non-hydrogen) atoms. The Balaban J connectivity index is 0. The van der Waals surface area contributed by atoms with Crippen LogP contribution in [0.3, 0.4) is 0 Å². The van der Waals surface area contributed by atoms with E-state index in [1.54, 1.807) is 6.07 Å². The summed E-state index contributed by atoms with van der Waals surface area (Å²) in [7, 11) is 0. The van der Waals surface area contributed by atoms with E-state index in [1.807, 2.05) is 19.1 Å². The SMILES string of the molecule is Cc1ccc(O)c(C(C)(C)C)c1.[H-].[Na+]. The number of hydrogen-bond donors (Lipinski definition) is 1. The molecule has 0 saturated carbocycles. The van der Waals surface area contributed by atoms with Crippen LogP contribution in [0.25, 0.3) is 0 Å². The minimum atomic E-state index is 0. The molecule has 2 heteroatoms. The van der Waals surface area contributed by atoms with Gasteiger partial charge in [-0.3, -0.25) is 0 Å². The van der Waals surface area contributed by atoms with Crippen LogP contribution < -0.4 is 29.6 Å². The van der Waals surface area contributed by atoms with Gasteiger partial charge in [-0.05, 0) is 24.0 Å². The van der Waals surface area contributed by atoms with Gasteiger partial charge in [-0.25, -0.2) is 0 Å². The maximum absolute atomic E-state index is 9.57. The van der Waals surface area contributed by atoms with Gasteiger partial charge in [0, 0.05) is 0 Å². The second-order valence-corrected chi connectivity index (χ2v) is 4.27. The summed E-state index contributed by atoms with van der Waals surface area (Å²) in [4.78, 5) is 0. The van der Waals surface area contributed by atoms with Crippen molar-refractivity contribution in [3.63, 3.8) is 0 Å². The van der Waals surface area contributed by atoms with Crippen molar-refractivity contribution in [3.8, 4) is 5.75 Å². The standard InChI is InChI=1S/C11H16O.Na.H/c1-8-5-6-10(12)9(7-8)11(2,3)4;;/h5-7,12H,1-4H3;;/q;+1;-1. The summed E-state index contributed by atoms with van der Waals surface area (Å²) >= 11 is 0. The van der Waals surface area contributed by atoms with Crippen LogP contribution in [-0.4, -0.2) is 5.11 Å². The van der Waals surface area contributed by atoms with E-state index in [9.17, 15) is 5.11 Å². The molecule has 68 valence electrons. The van der Waals surface area contributed by atoms with Crippen LogP contribution >= 0.6 is 0 Å². The molecule has 0 aromatic heterocycles. The van der Waals surface area contributed by atoms with Crippen molar-refractivity contribution in [2.24, 2.45) is 0 Å². The van der Waals surface area contributed by atoms with Crippen molar-refractivity contribution in [1.82, 2.24) is 0 Å². The van der Waals surface area contributed by atoms with Crippen molar-refractivity contribution in [2.45, 2.75) is 33.1 Å². The monoisotopic (exact) mass is 188 g/mol. The number of hydrogen-bond acceptors (Lipinski definition) is 1. The molecule has 0 radical (unpaired) electrons. The summed E-state index contributed by atoms with van der Waals surface area (Å²) in [5.41, 5.74) is 2.23. The number of benzene rings is 1. The summed E-state index contributed by atoms with van der Waals surface area (Å²) < 4.78 is 0. The molecule has 0 aliphatic carbocycles. The predicted octanol–water partition coefficient (Wildman–Crippen LogP) is 0.115. The fraction of sp³-hybridized carbons (Fsp3) is 0.455. The molecular weight excluding hydrogens is 171 g/mol. The number of phenolic OH excluding ortho intramolecular Hbond substituents is 1. The van der Waals surface area contributed by atoms with E-state index in [2.05, 4.69) is 20.8 Å². The third-order valence-electron chi connectivity index (χ3n) is 1.96. The van der Waals surface area contributed by atoms with Crippen LogP contribution in [0.4, 0.5) is 0 Å². The van der Waals surface area contributed by atoms with E-state index in [0.29, 0.717) is 5.75 Å². The predicted molar refractivity (Wildman–Crippen MR) is 52.7 cm³/mol. The Labute approximate surface area is 104 Å². The van der Waals surface area contributed by atoms with Crippen LogP contribution in [0, 0.1) is 6.92 Å². The molecule has 1 rings (SSSR count). The summed E-state index contributed by atoms with van der Waals surface area (Å²) in [6.07, 6.45) is 0. The summed E-state index contributed by atoms with van der Waals surface area (Å²) in [5, 5.41) is 9.57. The first-order valence-electron chi connectivity index (χ1n) is 4.21. The molecular formula is C11H17NaO. The van der Waals surface area contributed by atoms with Crippen molar-refractivity contribution >= 4 is 0 Å². The molecule has 1 aromatic carbocycles. The maximum Gasteiger partial charge on any atom is 1.00 e. The first kappa shape index (κ1) is 13.0. The molecule has 0 fully saturated rings. The van der Waals surface area contributed by atoms with Gasteiger partial charge in [-0.2, -0.15) is 0 Å². The molecule has 0 heterocycles. The second kappa shape index (κ2) is 4.50. The fourth-order valence-electron chi connectivity index (χ4n) is 1.25. The molecule has 0 aliphatic rings. The molecule has 0 aliphatic heterocycles. The number of rotatable bonds is 0. The normalized spacial score (nSPS) is 10.8. The van der Waals surface area contributed by atoms with Gasteiger partial charge in [0.2, 0.25) is 0 Å². The maximum atomic E-state index is 9.57. The van der Waals surface area contributed by atoms with Gasteiger partial charge in [0.05, 0.1) is 0 Å². The topological polar surface area (TPSA) is 20.2 Å². The fourth-order valence-corrected chi connectivity index (χ4v) is 1.25. The number of aromatic hydroxyl groups is 1. The second-order valence-electron chi connectivity index (χ2n) is 4.27. The zero-order valence-electron chi connectivity index (χ0n) is 10.2. The first-order chi connectivity index (χ1) is 5.41. The molecule has 1 nitrogen and oxygen atoms in total. The van der Waals surface area contributed by atoms with Crippen LogP contribution in [-0.2, 0) is 5.41 Å². The zero-order chi connectivity index (χ0) is 9.35. The van der Waals surface area contributed by atoms with Crippen LogP contribution in [0.2, 0.25) is 0 Å². The summed E-state index contributed by atoms with van der Waals surface area (Å²) in [6.45, 7) is 8.33. The zero-order valence-corrected chi connectivity index (χ0v) is 11.2. The van der Waals surface area contributed by atoms with E-state index in [0.717, 1.165) is 5.56 Å². The van der Waals surface area contributed by atoms with Crippen LogP contribution in [0.1, 0.15) is 33.3 Å². The largest absolute Gasteiger partial charge is 1.00 e. The molecule has 1 N–H and O–H groups in total. The van der Waals surface area contributed by atoms with E-state index >= 15 is 0 Å².